The van der Waals surface area contributed by atoms with Crippen molar-refractivity contribution in [3.63, 3.8) is 0 Å². The number of hydrogen-bond donors (Lipinski definition) is 0. The van der Waals surface area contributed by atoms with Gasteiger partial charge in [-0.15, -0.1) is 0 Å². The summed E-state index contributed by atoms with van der Waals surface area (Å²) in [4.78, 5) is 11.7. The third-order valence-corrected chi connectivity index (χ3v) is 3.74. The quantitative estimate of drug-likeness (QED) is 0.337. The summed E-state index contributed by atoms with van der Waals surface area (Å²) in [6.45, 7) is 2.80. The van der Waals surface area contributed by atoms with Crippen LogP contribution in [0, 0.1) is 0 Å². The number of unbranched alkanes of at least 4 members (excludes halogenated alkanes) is 9. The summed E-state index contributed by atoms with van der Waals surface area (Å²) in [5, 5.41) is 0. The zero-order valence-electron chi connectivity index (χ0n) is 14.5. The molecule has 1 aromatic carbocycles. The van der Waals surface area contributed by atoms with Crippen molar-refractivity contribution in [2.75, 3.05) is 6.61 Å². The summed E-state index contributed by atoms with van der Waals surface area (Å²) in [6, 6.07) is 9.20. The van der Waals surface area contributed by atoms with Crippen LogP contribution in [0.1, 0.15) is 81.5 Å². The third kappa shape index (κ3) is 10.9. The minimum absolute atomic E-state index is 0. The maximum atomic E-state index is 11.7. The number of benzene rings is 1. The van der Waals surface area contributed by atoms with Crippen LogP contribution in [0.2, 0.25) is 0 Å². The van der Waals surface area contributed by atoms with Gasteiger partial charge in [0.1, 0.15) is 0 Å². The van der Waals surface area contributed by atoms with Gasteiger partial charge in [-0.2, -0.15) is 0 Å². The second-order valence-electron chi connectivity index (χ2n) is 5.68. The van der Waals surface area contributed by atoms with Gasteiger partial charge in [0.05, 0.1) is 12.2 Å². The van der Waals surface area contributed by atoms with Crippen LogP contribution in [-0.4, -0.2) is 12.6 Å². The fourth-order valence-electron chi connectivity index (χ4n) is 2.41. The number of ether oxygens (including phenoxy) is 1. The van der Waals surface area contributed by atoms with Gasteiger partial charge in [-0.1, -0.05) is 82.9 Å². The van der Waals surface area contributed by atoms with Gasteiger partial charge in [-0.25, -0.2) is 4.79 Å². The van der Waals surface area contributed by atoms with Crippen LogP contribution < -0.4 is 18.9 Å². The number of carbonyl (C=O) groups excluding carboxylic acids is 1. The Labute approximate surface area is 148 Å². The molecule has 0 unspecified atom stereocenters. The van der Waals surface area contributed by atoms with Gasteiger partial charge in [0.15, 0.2) is 0 Å². The van der Waals surface area contributed by atoms with Crippen LogP contribution in [0.5, 0.6) is 0 Å². The maximum absolute atomic E-state index is 11.7. The van der Waals surface area contributed by atoms with Crippen molar-refractivity contribution in [3.8, 4) is 0 Å². The topological polar surface area (TPSA) is 26.3 Å². The van der Waals surface area contributed by atoms with Gasteiger partial charge in [-0.3, -0.25) is 0 Å². The summed E-state index contributed by atoms with van der Waals surface area (Å²) in [6.07, 6.45) is 12.9. The molecule has 0 amide bonds. The number of carbonyl (C=O) groups is 1. The van der Waals surface area contributed by atoms with Crippen LogP contribution in [0.15, 0.2) is 30.3 Å². The Balaban J connectivity index is 0.00000441. The fraction of sp³-hybridized carbons (Fsp3) is 0.632. The molecule has 1 rings (SSSR count). The zero-order chi connectivity index (χ0) is 15.2. The molecule has 3 heteroatoms. The molecular weight excluding hydrogens is 267 g/mol. The van der Waals surface area contributed by atoms with Crippen LogP contribution in [-0.2, 0) is 4.74 Å². The maximum Gasteiger partial charge on any atom is 1.00 e. The Morgan fingerprint density at radius 1 is 0.818 bits per heavy atom. The normalized spacial score (nSPS) is 10.0. The molecule has 22 heavy (non-hydrogen) atoms. The molecule has 0 saturated heterocycles. The van der Waals surface area contributed by atoms with Gasteiger partial charge in [-0.05, 0) is 18.6 Å². The molecule has 0 aliphatic carbocycles. The predicted octanol–water partition coefficient (Wildman–Crippen LogP) is 2.77. The van der Waals surface area contributed by atoms with Crippen molar-refractivity contribution in [1.29, 1.82) is 0 Å². The molecule has 0 fully saturated rings. The molecular formula is C19H30LiO2+. The van der Waals surface area contributed by atoms with Crippen LogP contribution in [0.3, 0.4) is 0 Å². The van der Waals surface area contributed by atoms with Crippen LogP contribution >= 0.6 is 0 Å². The minimum Gasteiger partial charge on any atom is -0.462 e. The van der Waals surface area contributed by atoms with Crippen molar-refractivity contribution in [2.24, 2.45) is 0 Å². The monoisotopic (exact) mass is 297 g/mol. The molecule has 0 saturated carbocycles. The average molecular weight is 297 g/mol. The average Bonchev–Trinajstić information content (AvgIpc) is 2.53. The van der Waals surface area contributed by atoms with Gasteiger partial charge >= 0.3 is 24.8 Å². The smallest absolute Gasteiger partial charge is 0.462 e. The first-order chi connectivity index (χ1) is 10.3. The standard InChI is InChI=1S/C19H30O2.Li/c1-2-3-4-5-6-7-8-9-10-14-17-21-19(20)18-15-12-11-13-16-18;/h11-13,15-16H,2-10,14,17H2,1H3;/q;+1. The Bertz CT molecular complexity index is 365. The molecule has 0 aromatic heterocycles. The van der Waals surface area contributed by atoms with Crippen LogP contribution in [0.4, 0.5) is 0 Å². The zero-order valence-corrected chi connectivity index (χ0v) is 14.5. The second-order valence-corrected chi connectivity index (χ2v) is 5.68. The first-order valence-corrected chi connectivity index (χ1v) is 8.56. The van der Waals surface area contributed by atoms with E-state index in [1.54, 1.807) is 12.1 Å². The molecule has 0 spiro atoms. The third-order valence-electron chi connectivity index (χ3n) is 3.74. The van der Waals surface area contributed by atoms with Gasteiger partial charge in [0, 0.05) is 0 Å². The van der Waals surface area contributed by atoms with Crippen molar-refractivity contribution in [1.82, 2.24) is 0 Å². The Hall–Kier alpha value is -0.713. The SMILES string of the molecule is CCCCCCCCCCCCOC(=O)c1ccccc1.[Li+]. The van der Waals surface area contributed by atoms with Gasteiger partial charge in [0.2, 0.25) is 0 Å². The van der Waals surface area contributed by atoms with E-state index in [1.165, 1.54) is 51.4 Å². The molecule has 0 bridgehead atoms. The molecule has 0 heterocycles. The van der Waals surface area contributed by atoms with E-state index in [9.17, 15) is 4.79 Å². The first-order valence-electron chi connectivity index (χ1n) is 8.56. The summed E-state index contributed by atoms with van der Waals surface area (Å²) in [5.74, 6) is -0.202. The Morgan fingerprint density at radius 3 is 1.86 bits per heavy atom. The molecule has 0 atom stereocenters. The van der Waals surface area contributed by atoms with E-state index in [0.29, 0.717) is 12.2 Å². The molecule has 0 aliphatic heterocycles. The summed E-state index contributed by atoms with van der Waals surface area (Å²) in [5.41, 5.74) is 0.643. The van der Waals surface area contributed by atoms with E-state index in [0.717, 1.165) is 12.8 Å². The van der Waals surface area contributed by atoms with Crippen LogP contribution in [0.25, 0.3) is 0 Å². The minimum atomic E-state index is -0.202. The van der Waals surface area contributed by atoms with Crippen molar-refractivity contribution in [2.45, 2.75) is 71.1 Å². The van der Waals surface area contributed by atoms with E-state index in [-0.39, 0.29) is 24.8 Å². The largest absolute Gasteiger partial charge is 1.00 e. The number of hydrogen-bond acceptors (Lipinski definition) is 2. The predicted molar refractivity (Wildman–Crippen MR) is 88.6 cm³/mol. The van der Waals surface area contributed by atoms with E-state index in [1.807, 2.05) is 18.2 Å². The summed E-state index contributed by atoms with van der Waals surface area (Å²) in [7, 11) is 0. The van der Waals surface area contributed by atoms with E-state index in [2.05, 4.69) is 6.92 Å². The van der Waals surface area contributed by atoms with Gasteiger partial charge < -0.3 is 4.74 Å². The molecule has 118 valence electrons. The number of rotatable bonds is 12. The first kappa shape index (κ1) is 21.3. The molecule has 0 aliphatic rings. The van der Waals surface area contributed by atoms with Crippen molar-refractivity contribution < 1.29 is 28.4 Å². The fourth-order valence-corrected chi connectivity index (χ4v) is 2.41. The molecule has 1 aromatic rings. The molecule has 2 nitrogen and oxygen atoms in total. The summed E-state index contributed by atoms with van der Waals surface area (Å²) >= 11 is 0. The Morgan fingerprint density at radius 2 is 1.32 bits per heavy atom. The van der Waals surface area contributed by atoms with E-state index < -0.39 is 0 Å². The Kier molecular flexibility index (Phi) is 14.7. The van der Waals surface area contributed by atoms with E-state index in [4.69, 9.17) is 4.74 Å². The number of esters is 1. The summed E-state index contributed by atoms with van der Waals surface area (Å²) < 4.78 is 5.26. The van der Waals surface area contributed by atoms with Gasteiger partial charge in [0.25, 0.3) is 0 Å². The van der Waals surface area contributed by atoms with Crippen molar-refractivity contribution in [3.05, 3.63) is 35.9 Å². The van der Waals surface area contributed by atoms with Crippen molar-refractivity contribution >= 4 is 5.97 Å². The second kappa shape index (κ2) is 15.2. The molecule has 0 radical (unpaired) electrons. The molecule has 0 N–H and O–H groups in total. The van der Waals surface area contributed by atoms with E-state index >= 15 is 0 Å².